The van der Waals surface area contributed by atoms with Crippen LogP contribution in [0, 0.1) is 6.92 Å². The van der Waals surface area contributed by atoms with Crippen LogP contribution in [0.2, 0.25) is 0 Å². The number of phenols is 1. The smallest absolute Gasteiger partial charge is 0.256 e. The zero-order valence-electron chi connectivity index (χ0n) is 18.4. The van der Waals surface area contributed by atoms with E-state index in [1.54, 1.807) is 6.07 Å². The van der Waals surface area contributed by atoms with Crippen LogP contribution in [0.4, 0.5) is 0 Å². The number of aromatic amines is 1. The minimum Gasteiger partial charge on any atom is -0.508 e. The van der Waals surface area contributed by atoms with Crippen LogP contribution in [0.5, 0.6) is 5.75 Å². The Morgan fingerprint density at radius 3 is 2.38 bits per heavy atom. The van der Waals surface area contributed by atoms with Crippen LogP contribution in [-0.4, -0.2) is 52.0 Å². The highest BCUT2D eigenvalue weighted by Crippen LogP contribution is 2.34. The highest BCUT2D eigenvalue weighted by molar-refractivity contribution is 6.09. The van der Waals surface area contributed by atoms with Gasteiger partial charge in [-0.25, -0.2) is 0 Å². The molecule has 1 aromatic carbocycles. The number of aryl methyl sites for hydroxylation is 1. The van der Waals surface area contributed by atoms with Crippen molar-refractivity contribution in [2.45, 2.75) is 72.3 Å². The van der Waals surface area contributed by atoms with Gasteiger partial charge in [-0.3, -0.25) is 9.69 Å². The fourth-order valence-electron chi connectivity index (χ4n) is 4.42. The van der Waals surface area contributed by atoms with Gasteiger partial charge in [0.2, 0.25) is 0 Å². The Morgan fingerprint density at radius 1 is 1.10 bits per heavy atom. The fraction of sp³-hybridized carbons (Fsp3) is 0.625. The number of nitrogens with one attached hydrogen (secondary N) is 1. The lowest BCUT2D eigenvalue weighted by Crippen LogP contribution is -2.33. The lowest BCUT2D eigenvalue weighted by molar-refractivity contribution is 0.0752. The molecule has 0 bridgehead atoms. The highest BCUT2D eigenvalue weighted by Gasteiger charge is 2.25. The molecule has 0 aliphatic carbocycles. The number of benzene rings is 1. The zero-order chi connectivity index (χ0) is 20.8. The first-order valence-corrected chi connectivity index (χ1v) is 11.4. The third-order valence-corrected chi connectivity index (χ3v) is 6.13. The summed E-state index contributed by atoms with van der Waals surface area (Å²) in [6, 6.07) is 3.66. The molecule has 1 aliphatic rings. The van der Waals surface area contributed by atoms with Crippen molar-refractivity contribution in [2.75, 3.05) is 26.2 Å². The van der Waals surface area contributed by atoms with Gasteiger partial charge in [-0.2, -0.15) is 0 Å². The largest absolute Gasteiger partial charge is 0.508 e. The number of carbonyl (C=O) groups excluding carboxylic acids is 1. The average molecular weight is 400 g/mol. The predicted octanol–water partition coefficient (Wildman–Crippen LogP) is 5.21. The maximum absolute atomic E-state index is 13.6. The molecule has 0 atom stereocenters. The number of aromatic nitrogens is 1. The SMILES string of the molecule is CCCCN(CCCC)C(=O)c1c(C)[nH]c2ccc(O)c(CN3CCCCC3)c12. The van der Waals surface area contributed by atoms with Gasteiger partial charge >= 0.3 is 0 Å². The normalized spacial score (nSPS) is 15.1. The van der Waals surface area contributed by atoms with Crippen LogP contribution < -0.4 is 0 Å². The van der Waals surface area contributed by atoms with Crippen molar-refractivity contribution in [3.63, 3.8) is 0 Å². The van der Waals surface area contributed by atoms with E-state index in [1.807, 2.05) is 17.9 Å². The summed E-state index contributed by atoms with van der Waals surface area (Å²) in [6.45, 7) is 10.7. The van der Waals surface area contributed by atoms with E-state index in [-0.39, 0.29) is 5.91 Å². The third-order valence-electron chi connectivity index (χ3n) is 6.13. The number of fused-ring (bicyclic) bond motifs is 1. The number of amides is 1. The van der Waals surface area contributed by atoms with Gasteiger partial charge in [-0.15, -0.1) is 0 Å². The van der Waals surface area contributed by atoms with E-state index < -0.39 is 0 Å². The molecule has 5 heteroatoms. The highest BCUT2D eigenvalue weighted by atomic mass is 16.3. The van der Waals surface area contributed by atoms with Crippen molar-refractivity contribution < 1.29 is 9.90 Å². The van der Waals surface area contributed by atoms with Crippen molar-refractivity contribution in [3.05, 3.63) is 29.0 Å². The summed E-state index contributed by atoms with van der Waals surface area (Å²) in [5.41, 5.74) is 3.48. The Bertz CT molecular complexity index is 813. The number of phenolic OH excluding ortho intramolecular Hbond substituents is 1. The van der Waals surface area contributed by atoms with Crippen LogP contribution in [0.3, 0.4) is 0 Å². The summed E-state index contributed by atoms with van der Waals surface area (Å²) in [5, 5.41) is 11.6. The van der Waals surface area contributed by atoms with Crippen molar-refractivity contribution in [1.82, 2.24) is 14.8 Å². The number of H-pyrrole nitrogens is 1. The maximum atomic E-state index is 13.6. The van der Waals surface area contributed by atoms with Crippen LogP contribution in [-0.2, 0) is 6.54 Å². The first-order valence-electron chi connectivity index (χ1n) is 11.4. The van der Waals surface area contributed by atoms with Gasteiger partial charge < -0.3 is 15.0 Å². The zero-order valence-corrected chi connectivity index (χ0v) is 18.4. The summed E-state index contributed by atoms with van der Waals surface area (Å²) >= 11 is 0. The van der Waals surface area contributed by atoms with Crippen LogP contribution in [0.15, 0.2) is 12.1 Å². The lowest BCUT2D eigenvalue weighted by atomic mass is 10.0. The molecule has 0 saturated carbocycles. The molecule has 3 rings (SSSR count). The molecule has 1 fully saturated rings. The van der Waals surface area contributed by atoms with E-state index in [1.165, 1.54) is 19.3 Å². The van der Waals surface area contributed by atoms with Gasteiger partial charge in [0.05, 0.1) is 5.56 Å². The minimum atomic E-state index is 0.0983. The number of carbonyl (C=O) groups is 1. The van der Waals surface area contributed by atoms with E-state index in [9.17, 15) is 9.90 Å². The number of hydrogen-bond donors (Lipinski definition) is 2. The molecule has 1 aliphatic heterocycles. The van der Waals surface area contributed by atoms with E-state index in [0.717, 1.165) is 79.6 Å². The molecule has 1 aromatic heterocycles. The molecule has 2 N–H and O–H groups in total. The lowest BCUT2D eigenvalue weighted by Gasteiger charge is -2.27. The van der Waals surface area contributed by atoms with Crippen LogP contribution >= 0.6 is 0 Å². The number of rotatable bonds is 9. The van der Waals surface area contributed by atoms with Crippen molar-refractivity contribution in [1.29, 1.82) is 0 Å². The van der Waals surface area contributed by atoms with Crippen molar-refractivity contribution in [2.24, 2.45) is 0 Å². The van der Waals surface area contributed by atoms with Crippen LogP contribution in [0.1, 0.15) is 80.4 Å². The van der Waals surface area contributed by atoms with E-state index in [0.29, 0.717) is 12.3 Å². The molecule has 1 amide bonds. The molecular weight excluding hydrogens is 362 g/mol. The quantitative estimate of drug-likeness (QED) is 0.608. The summed E-state index contributed by atoms with van der Waals surface area (Å²) in [7, 11) is 0. The second-order valence-electron chi connectivity index (χ2n) is 8.45. The summed E-state index contributed by atoms with van der Waals surface area (Å²) < 4.78 is 0. The first kappa shape index (κ1) is 21.7. The van der Waals surface area contributed by atoms with E-state index in [4.69, 9.17) is 0 Å². The summed E-state index contributed by atoms with van der Waals surface area (Å²) in [5.74, 6) is 0.394. The molecule has 2 aromatic rings. The minimum absolute atomic E-state index is 0.0983. The maximum Gasteiger partial charge on any atom is 0.256 e. The molecule has 160 valence electrons. The topological polar surface area (TPSA) is 59.6 Å². The second-order valence-corrected chi connectivity index (χ2v) is 8.45. The molecule has 5 nitrogen and oxygen atoms in total. The van der Waals surface area contributed by atoms with Gasteiger partial charge in [0.25, 0.3) is 5.91 Å². The standard InChI is InChI=1S/C24H37N3O2/c1-4-6-15-27(16-7-5-2)24(29)22-18(3)25-20-11-12-21(28)19(23(20)22)17-26-13-9-8-10-14-26/h11-12,25,28H,4-10,13-17H2,1-3H3. The van der Waals surface area contributed by atoms with Crippen LogP contribution in [0.25, 0.3) is 10.9 Å². The molecule has 29 heavy (non-hydrogen) atoms. The van der Waals surface area contributed by atoms with E-state index in [2.05, 4.69) is 23.7 Å². The number of hydrogen-bond acceptors (Lipinski definition) is 3. The van der Waals surface area contributed by atoms with Gasteiger partial charge in [0, 0.05) is 41.8 Å². The number of unbranched alkanes of at least 4 members (excludes halogenated alkanes) is 2. The van der Waals surface area contributed by atoms with Gasteiger partial charge in [-0.05, 0) is 57.8 Å². The Morgan fingerprint density at radius 2 is 1.76 bits per heavy atom. The second kappa shape index (κ2) is 10.1. The summed E-state index contributed by atoms with van der Waals surface area (Å²) in [6.07, 6.45) is 7.87. The monoisotopic (exact) mass is 399 g/mol. The van der Waals surface area contributed by atoms with Crippen molar-refractivity contribution in [3.8, 4) is 5.75 Å². The molecule has 0 spiro atoms. The Balaban J connectivity index is 2.00. The number of likely N-dealkylation sites (tertiary alicyclic amines) is 1. The molecule has 2 heterocycles. The molecule has 0 unspecified atom stereocenters. The number of nitrogens with zero attached hydrogens (tertiary/aromatic N) is 2. The van der Waals surface area contributed by atoms with Gasteiger partial charge in [0.1, 0.15) is 5.75 Å². The first-order chi connectivity index (χ1) is 14.1. The number of aromatic hydroxyl groups is 1. The predicted molar refractivity (Wildman–Crippen MR) is 120 cm³/mol. The van der Waals surface area contributed by atoms with Gasteiger partial charge in [-0.1, -0.05) is 33.1 Å². The number of piperidine rings is 1. The fourth-order valence-corrected chi connectivity index (χ4v) is 4.42. The third kappa shape index (κ3) is 4.95. The average Bonchev–Trinajstić information content (AvgIpc) is 3.07. The molecule has 0 radical (unpaired) electrons. The molecular formula is C24H37N3O2. The summed E-state index contributed by atoms with van der Waals surface area (Å²) in [4.78, 5) is 21.4. The van der Waals surface area contributed by atoms with E-state index >= 15 is 0 Å². The van der Waals surface area contributed by atoms with Gasteiger partial charge in [0.15, 0.2) is 0 Å². The Hall–Kier alpha value is -2.01. The van der Waals surface area contributed by atoms with Crippen molar-refractivity contribution >= 4 is 16.8 Å². The Labute approximate surface area is 175 Å². The Kier molecular flexibility index (Phi) is 7.59. The molecule has 1 saturated heterocycles.